The first kappa shape index (κ1) is 16.4. The Morgan fingerprint density at radius 2 is 1.75 bits per heavy atom. The zero-order chi connectivity index (χ0) is 15.2. The van der Waals surface area contributed by atoms with Gasteiger partial charge in [0.05, 0.1) is 13.2 Å². The van der Waals surface area contributed by atoms with E-state index in [1.54, 1.807) is 27.9 Å². The smallest absolute Gasteiger partial charge is 0.235 e. The normalized spacial score (nSPS) is 11.2. The van der Waals surface area contributed by atoms with Crippen LogP contribution in [0.5, 0.6) is 0 Å². The third-order valence-corrected chi connectivity index (χ3v) is 3.22. The van der Waals surface area contributed by atoms with Crippen LogP contribution in [-0.2, 0) is 20.9 Å². The predicted molar refractivity (Wildman–Crippen MR) is 78.2 cm³/mol. The van der Waals surface area contributed by atoms with Crippen LogP contribution in [0, 0.1) is 5.41 Å². The topological polar surface area (TPSA) is 46.6 Å². The maximum absolute atomic E-state index is 12.1. The third-order valence-electron chi connectivity index (χ3n) is 3.22. The minimum atomic E-state index is -0.987. The first-order valence-corrected chi connectivity index (χ1v) is 6.72. The highest BCUT2D eigenvalue weighted by atomic mass is 16.5. The second kappa shape index (κ2) is 7.20. The van der Waals surface area contributed by atoms with Crippen LogP contribution in [0.2, 0.25) is 0 Å². The fourth-order valence-corrected chi connectivity index (χ4v) is 1.92. The van der Waals surface area contributed by atoms with E-state index in [1.807, 2.05) is 30.3 Å². The van der Waals surface area contributed by atoms with E-state index in [4.69, 9.17) is 4.74 Å². The molecule has 0 fully saturated rings. The van der Waals surface area contributed by atoms with E-state index >= 15 is 0 Å². The number of nitrogens with zero attached hydrogens (tertiary/aromatic N) is 1. The summed E-state index contributed by atoms with van der Waals surface area (Å²) in [6.07, 6.45) is 0.249. The van der Waals surface area contributed by atoms with Crippen molar-refractivity contribution in [1.29, 1.82) is 0 Å². The number of carbonyl (C=O) groups is 2. The van der Waals surface area contributed by atoms with Gasteiger partial charge in [0.15, 0.2) is 0 Å². The van der Waals surface area contributed by atoms with E-state index in [-0.39, 0.29) is 18.1 Å². The Hall–Kier alpha value is -1.68. The predicted octanol–water partition coefficient (Wildman–Crippen LogP) is 2.28. The molecule has 0 heterocycles. The molecule has 1 aromatic carbocycles. The van der Waals surface area contributed by atoms with Gasteiger partial charge in [-0.3, -0.25) is 9.59 Å². The van der Waals surface area contributed by atoms with E-state index in [0.29, 0.717) is 13.2 Å². The molecule has 20 heavy (non-hydrogen) atoms. The summed E-state index contributed by atoms with van der Waals surface area (Å²) in [6.45, 7) is 4.14. The highest BCUT2D eigenvalue weighted by molar-refractivity contribution is 6.05. The fourth-order valence-electron chi connectivity index (χ4n) is 1.92. The van der Waals surface area contributed by atoms with Crippen LogP contribution in [0.15, 0.2) is 30.3 Å². The molecule has 110 valence electrons. The molecule has 0 aliphatic heterocycles. The van der Waals surface area contributed by atoms with Crippen LogP contribution < -0.4 is 0 Å². The largest absolute Gasteiger partial charge is 0.376 e. The number of carbonyl (C=O) groups excluding carboxylic acids is 2. The van der Waals surface area contributed by atoms with Crippen molar-refractivity contribution in [2.45, 2.75) is 26.9 Å². The number of benzene rings is 1. The zero-order valence-corrected chi connectivity index (χ0v) is 12.7. The van der Waals surface area contributed by atoms with Crippen LogP contribution >= 0.6 is 0 Å². The SMILES string of the molecule is CN(C)C(=O)C(C)(C)C(=O)CCOCc1ccccc1. The summed E-state index contributed by atoms with van der Waals surface area (Å²) in [4.78, 5) is 25.5. The molecule has 0 saturated heterocycles. The second-order valence-electron chi connectivity index (χ2n) is 5.54. The Kier molecular flexibility index (Phi) is 5.89. The third kappa shape index (κ3) is 4.46. The molecule has 0 aliphatic carbocycles. The van der Waals surface area contributed by atoms with Crippen LogP contribution in [0.3, 0.4) is 0 Å². The minimum Gasteiger partial charge on any atom is -0.376 e. The minimum absolute atomic E-state index is 0.0933. The highest BCUT2D eigenvalue weighted by Gasteiger charge is 2.36. The van der Waals surface area contributed by atoms with Gasteiger partial charge in [-0.25, -0.2) is 0 Å². The lowest BCUT2D eigenvalue weighted by Crippen LogP contribution is -2.42. The van der Waals surface area contributed by atoms with Crippen LogP contribution in [0.4, 0.5) is 0 Å². The van der Waals surface area contributed by atoms with Crippen molar-refractivity contribution < 1.29 is 14.3 Å². The lowest BCUT2D eigenvalue weighted by atomic mass is 9.85. The molecule has 0 aromatic heterocycles. The standard InChI is InChI=1S/C16H23NO3/c1-16(2,15(19)17(3)4)14(18)10-11-20-12-13-8-6-5-7-9-13/h5-9H,10-12H2,1-4H3. The van der Waals surface area contributed by atoms with Gasteiger partial charge in [0.25, 0.3) is 0 Å². The fraction of sp³-hybridized carbons (Fsp3) is 0.500. The molecule has 0 saturated carbocycles. The molecule has 0 atom stereocenters. The average Bonchev–Trinajstić information content (AvgIpc) is 2.43. The maximum atomic E-state index is 12.1. The summed E-state index contributed by atoms with van der Waals surface area (Å²) >= 11 is 0. The van der Waals surface area contributed by atoms with Crippen molar-refractivity contribution in [3.63, 3.8) is 0 Å². The first-order chi connectivity index (χ1) is 9.35. The Morgan fingerprint density at radius 1 is 1.15 bits per heavy atom. The molecule has 1 rings (SSSR count). The van der Waals surface area contributed by atoms with Crippen molar-refractivity contribution in [1.82, 2.24) is 4.90 Å². The first-order valence-electron chi connectivity index (χ1n) is 6.72. The van der Waals surface area contributed by atoms with Gasteiger partial charge in [0.1, 0.15) is 11.2 Å². The summed E-state index contributed by atoms with van der Waals surface area (Å²) < 4.78 is 5.48. The number of rotatable bonds is 7. The zero-order valence-electron chi connectivity index (χ0n) is 12.7. The highest BCUT2D eigenvalue weighted by Crippen LogP contribution is 2.21. The van der Waals surface area contributed by atoms with Gasteiger partial charge in [0, 0.05) is 20.5 Å². The molecule has 4 heteroatoms. The number of ether oxygens (including phenoxy) is 1. The molecule has 0 radical (unpaired) electrons. The van der Waals surface area contributed by atoms with Crippen molar-refractivity contribution in [2.24, 2.45) is 5.41 Å². The van der Waals surface area contributed by atoms with Crippen molar-refractivity contribution in [3.8, 4) is 0 Å². The second-order valence-corrected chi connectivity index (χ2v) is 5.54. The van der Waals surface area contributed by atoms with Gasteiger partial charge < -0.3 is 9.64 Å². The quantitative estimate of drug-likeness (QED) is 0.567. The van der Waals surface area contributed by atoms with E-state index in [0.717, 1.165) is 5.56 Å². The van der Waals surface area contributed by atoms with Crippen molar-refractivity contribution >= 4 is 11.7 Å². The summed E-state index contributed by atoms with van der Waals surface area (Å²) in [7, 11) is 3.31. The molecule has 1 amide bonds. The number of ketones is 1. The Bertz CT molecular complexity index is 452. The Morgan fingerprint density at radius 3 is 2.30 bits per heavy atom. The van der Waals surface area contributed by atoms with E-state index in [2.05, 4.69) is 0 Å². The molecular formula is C16H23NO3. The van der Waals surface area contributed by atoms with E-state index < -0.39 is 5.41 Å². The Balaban J connectivity index is 2.38. The maximum Gasteiger partial charge on any atom is 0.235 e. The summed E-state index contributed by atoms with van der Waals surface area (Å²) in [6, 6.07) is 9.79. The van der Waals surface area contributed by atoms with Crippen LogP contribution in [0.25, 0.3) is 0 Å². The summed E-state index contributed by atoms with van der Waals surface area (Å²) in [5.74, 6) is -0.269. The molecule has 0 N–H and O–H groups in total. The molecular weight excluding hydrogens is 254 g/mol. The Labute approximate surface area is 120 Å². The molecule has 1 aromatic rings. The number of Topliss-reactive ketones (excluding diaryl/α,β-unsaturated/α-hetero) is 1. The lowest BCUT2D eigenvalue weighted by Gasteiger charge is -2.25. The van der Waals surface area contributed by atoms with Gasteiger partial charge in [-0.1, -0.05) is 30.3 Å². The number of amides is 1. The molecule has 0 spiro atoms. The molecule has 0 bridgehead atoms. The molecule has 0 unspecified atom stereocenters. The monoisotopic (exact) mass is 277 g/mol. The van der Waals surface area contributed by atoms with Gasteiger partial charge in [-0.2, -0.15) is 0 Å². The number of hydrogen-bond acceptors (Lipinski definition) is 3. The van der Waals surface area contributed by atoms with Crippen molar-refractivity contribution in [2.75, 3.05) is 20.7 Å². The number of hydrogen-bond donors (Lipinski definition) is 0. The average molecular weight is 277 g/mol. The van der Waals surface area contributed by atoms with Crippen LogP contribution in [0.1, 0.15) is 25.8 Å². The lowest BCUT2D eigenvalue weighted by molar-refractivity contribution is -0.146. The van der Waals surface area contributed by atoms with E-state index in [1.165, 1.54) is 4.90 Å². The van der Waals surface area contributed by atoms with Crippen molar-refractivity contribution in [3.05, 3.63) is 35.9 Å². The summed E-state index contributed by atoms with van der Waals surface area (Å²) in [5.41, 5.74) is 0.0863. The van der Waals surface area contributed by atoms with Gasteiger partial charge in [0.2, 0.25) is 5.91 Å². The van der Waals surface area contributed by atoms with Gasteiger partial charge >= 0.3 is 0 Å². The van der Waals surface area contributed by atoms with E-state index in [9.17, 15) is 9.59 Å². The van der Waals surface area contributed by atoms with Gasteiger partial charge in [-0.15, -0.1) is 0 Å². The molecule has 4 nitrogen and oxygen atoms in total. The molecule has 0 aliphatic rings. The summed E-state index contributed by atoms with van der Waals surface area (Å²) in [5, 5.41) is 0. The van der Waals surface area contributed by atoms with Gasteiger partial charge in [-0.05, 0) is 19.4 Å². The van der Waals surface area contributed by atoms with Crippen LogP contribution in [-0.4, -0.2) is 37.3 Å².